The van der Waals surface area contributed by atoms with Crippen molar-refractivity contribution in [1.82, 2.24) is 0 Å². The topological polar surface area (TPSA) is 75.8 Å². The summed E-state index contributed by atoms with van der Waals surface area (Å²) in [6.45, 7) is 0.308. The van der Waals surface area contributed by atoms with Gasteiger partial charge in [-0.05, 0) is 29.8 Å². The smallest absolute Gasteiger partial charge is 0.285 e. The molecular formula is C14H12FN3O2S. The number of anilines is 2. The van der Waals surface area contributed by atoms with E-state index in [1.54, 1.807) is 29.2 Å². The van der Waals surface area contributed by atoms with E-state index >= 15 is 0 Å². The number of nitrogen functional groups attached to an aromatic ring is 1. The average Bonchev–Trinajstić information content (AvgIpc) is 2.45. The summed E-state index contributed by atoms with van der Waals surface area (Å²) in [4.78, 5) is 1.81. The zero-order valence-corrected chi connectivity index (χ0v) is 11.7. The normalized spacial score (nSPS) is 15.8. The van der Waals surface area contributed by atoms with Crippen LogP contribution in [0.2, 0.25) is 0 Å². The number of hydrogen-bond donors (Lipinski definition) is 1. The minimum absolute atomic E-state index is 0.146. The number of benzene rings is 2. The van der Waals surface area contributed by atoms with Crippen LogP contribution in [0.25, 0.3) is 0 Å². The number of halogens is 1. The van der Waals surface area contributed by atoms with Gasteiger partial charge < -0.3 is 10.6 Å². The van der Waals surface area contributed by atoms with Crippen molar-refractivity contribution in [2.75, 3.05) is 10.6 Å². The molecule has 0 radical (unpaired) electrons. The number of para-hydroxylation sites is 1. The SMILES string of the molecule is Nc1cc(F)ccc1CN1C=NS(=O)(=O)c2ccccc21. The quantitative estimate of drug-likeness (QED) is 0.863. The molecule has 7 heteroatoms. The van der Waals surface area contributed by atoms with Gasteiger partial charge in [-0.2, -0.15) is 8.42 Å². The lowest BCUT2D eigenvalue weighted by Gasteiger charge is -2.25. The maximum atomic E-state index is 13.1. The van der Waals surface area contributed by atoms with Gasteiger partial charge in [-0.25, -0.2) is 4.39 Å². The standard InChI is InChI=1S/C14H12FN3O2S/c15-11-6-5-10(12(16)7-11)8-18-9-17-21(19,20)14-4-2-1-3-13(14)18/h1-7,9H,8,16H2. The average molecular weight is 305 g/mol. The second kappa shape index (κ2) is 4.85. The largest absolute Gasteiger partial charge is 0.398 e. The van der Waals surface area contributed by atoms with Crippen molar-refractivity contribution in [2.24, 2.45) is 4.40 Å². The Morgan fingerprint density at radius 2 is 1.95 bits per heavy atom. The van der Waals surface area contributed by atoms with Crippen LogP contribution in [0.5, 0.6) is 0 Å². The van der Waals surface area contributed by atoms with E-state index in [0.717, 1.165) is 0 Å². The molecule has 1 heterocycles. The summed E-state index contributed by atoms with van der Waals surface area (Å²) in [5.74, 6) is -0.411. The Morgan fingerprint density at radius 1 is 1.19 bits per heavy atom. The van der Waals surface area contributed by atoms with Crippen molar-refractivity contribution in [2.45, 2.75) is 11.4 Å². The highest BCUT2D eigenvalue weighted by Gasteiger charge is 2.25. The second-order valence-electron chi connectivity index (χ2n) is 4.63. The lowest BCUT2D eigenvalue weighted by Crippen LogP contribution is -2.27. The molecule has 21 heavy (non-hydrogen) atoms. The molecule has 108 valence electrons. The molecule has 3 rings (SSSR count). The fraction of sp³-hybridized carbons (Fsp3) is 0.0714. The van der Waals surface area contributed by atoms with Crippen LogP contribution in [0.1, 0.15) is 5.56 Å². The Labute approximate surface area is 121 Å². The van der Waals surface area contributed by atoms with E-state index in [-0.39, 0.29) is 4.90 Å². The van der Waals surface area contributed by atoms with Gasteiger partial charge in [-0.15, -0.1) is 4.40 Å². The predicted molar refractivity (Wildman–Crippen MR) is 79.1 cm³/mol. The first-order valence-electron chi connectivity index (χ1n) is 6.17. The summed E-state index contributed by atoms with van der Waals surface area (Å²) in [6.07, 6.45) is 1.25. The van der Waals surface area contributed by atoms with Crippen molar-refractivity contribution < 1.29 is 12.8 Å². The second-order valence-corrected chi connectivity index (χ2v) is 6.24. The number of nitrogens with two attached hydrogens (primary N) is 1. The Kier molecular flexibility index (Phi) is 3.13. The van der Waals surface area contributed by atoms with E-state index in [4.69, 9.17) is 5.73 Å². The van der Waals surface area contributed by atoms with Crippen molar-refractivity contribution in [1.29, 1.82) is 0 Å². The maximum absolute atomic E-state index is 13.1. The van der Waals surface area contributed by atoms with Crippen molar-refractivity contribution in [3.05, 3.63) is 53.8 Å². The van der Waals surface area contributed by atoms with Gasteiger partial charge in [0, 0.05) is 5.69 Å². The van der Waals surface area contributed by atoms with Gasteiger partial charge in [0.05, 0.1) is 12.2 Å². The van der Waals surface area contributed by atoms with Gasteiger partial charge in [-0.3, -0.25) is 0 Å². The molecule has 0 saturated heterocycles. The first kappa shape index (κ1) is 13.6. The van der Waals surface area contributed by atoms with Gasteiger partial charge >= 0.3 is 0 Å². The first-order chi connectivity index (χ1) is 9.97. The lowest BCUT2D eigenvalue weighted by molar-refractivity contribution is 0.597. The summed E-state index contributed by atoms with van der Waals surface area (Å²) in [6, 6.07) is 10.7. The van der Waals surface area contributed by atoms with Gasteiger partial charge in [0.25, 0.3) is 10.0 Å². The van der Waals surface area contributed by atoms with Crippen LogP contribution in [-0.4, -0.2) is 14.8 Å². The number of sulfonamides is 1. The summed E-state index contributed by atoms with van der Waals surface area (Å²) in [5, 5.41) is 0. The minimum Gasteiger partial charge on any atom is -0.398 e. The lowest BCUT2D eigenvalue weighted by atomic mass is 10.1. The van der Waals surface area contributed by atoms with Crippen molar-refractivity contribution in [3.63, 3.8) is 0 Å². The van der Waals surface area contributed by atoms with Crippen LogP contribution < -0.4 is 10.6 Å². The van der Waals surface area contributed by atoms with E-state index in [1.807, 2.05) is 0 Å². The van der Waals surface area contributed by atoms with Crippen LogP contribution in [0.3, 0.4) is 0 Å². The third-order valence-corrected chi connectivity index (χ3v) is 4.50. The molecule has 1 aliphatic heterocycles. The number of rotatable bonds is 2. The molecule has 0 bridgehead atoms. The monoisotopic (exact) mass is 305 g/mol. The minimum atomic E-state index is -3.65. The highest BCUT2D eigenvalue weighted by molar-refractivity contribution is 7.90. The summed E-state index contributed by atoms with van der Waals surface area (Å²) in [7, 11) is -3.65. The van der Waals surface area contributed by atoms with Gasteiger partial charge in [0.2, 0.25) is 0 Å². The van der Waals surface area contributed by atoms with E-state index < -0.39 is 15.8 Å². The van der Waals surface area contributed by atoms with Crippen LogP contribution in [0, 0.1) is 5.82 Å². The Balaban J connectivity index is 2.01. The van der Waals surface area contributed by atoms with Gasteiger partial charge in [0.15, 0.2) is 0 Å². The van der Waals surface area contributed by atoms with E-state index in [0.29, 0.717) is 23.5 Å². The first-order valence-corrected chi connectivity index (χ1v) is 7.61. The molecule has 2 N–H and O–H groups in total. The maximum Gasteiger partial charge on any atom is 0.285 e. The fourth-order valence-corrected chi connectivity index (χ4v) is 3.22. The number of hydrogen-bond acceptors (Lipinski definition) is 4. The van der Waals surface area contributed by atoms with Crippen LogP contribution in [-0.2, 0) is 16.6 Å². The Morgan fingerprint density at radius 3 is 2.71 bits per heavy atom. The molecule has 0 aliphatic carbocycles. The molecule has 2 aromatic carbocycles. The molecular weight excluding hydrogens is 293 g/mol. The molecule has 0 saturated carbocycles. The highest BCUT2D eigenvalue weighted by Crippen LogP contribution is 2.30. The molecule has 0 fully saturated rings. The molecule has 0 amide bonds. The molecule has 5 nitrogen and oxygen atoms in total. The molecule has 0 atom stereocenters. The highest BCUT2D eigenvalue weighted by atomic mass is 32.2. The summed E-state index contributed by atoms with van der Waals surface area (Å²) >= 11 is 0. The molecule has 0 spiro atoms. The van der Waals surface area contributed by atoms with E-state index in [9.17, 15) is 12.8 Å². The van der Waals surface area contributed by atoms with Crippen molar-refractivity contribution >= 4 is 27.7 Å². The predicted octanol–water partition coefficient (Wildman–Crippen LogP) is 2.15. The summed E-state index contributed by atoms with van der Waals surface area (Å²) in [5.41, 5.74) is 7.31. The third-order valence-electron chi connectivity index (χ3n) is 3.23. The van der Waals surface area contributed by atoms with Crippen LogP contribution in [0.4, 0.5) is 15.8 Å². The Hall–Kier alpha value is -2.41. The van der Waals surface area contributed by atoms with Crippen LogP contribution >= 0.6 is 0 Å². The zero-order chi connectivity index (χ0) is 15.0. The number of fused-ring (bicyclic) bond motifs is 1. The molecule has 0 unspecified atom stereocenters. The van der Waals surface area contributed by atoms with E-state index in [1.165, 1.54) is 24.5 Å². The summed E-state index contributed by atoms with van der Waals surface area (Å²) < 4.78 is 40.4. The Bertz CT molecular complexity index is 834. The number of nitrogens with zero attached hydrogens (tertiary/aromatic N) is 2. The van der Waals surface area contributed by atoms with Gasteiger partial charge in [0.1, 0.15) is 17.1 Å². The van der Waals surface area contributed by atoms with Gasteiger partial charge in [-0.1, -0.05) is 18.2 Å². The van der Waals surface area contributed by atoms with Crippen LogP contribution in [0.15, 0.2) is 51.8 Å². The van der Waals surface area contributed by atoms with E-state index in [2.05, 4.69) is 4.40 Å². The molecule has 1 aliphatic rings. The third kappa shape index (κ3) is 2.47. The zero-order valence-electron chi connectivity index (χ0n) is 10.9. The fourth-order valence-electron chi connectivity index (χ4n) is 2.17. The molecule has 0 aromatic heterocycles. The molecule has 2 aromatic rings. The van der Waals surface area contributed by atoms with Crippen molar-refractivity contribution in [3.8, 4) is 0 Å².